The molecule has 2 aromatic rings. The van der Waals surface area contributed by atoms with E-state index in [1.807, 2.05) is 36.4 Å². The number of aliphatic hydroxyl groups is 1. The predicted molar refractivity (Wildman–Crippen MR) is 65.4 cm³/mol. The van der Waals surface area contributed by atoms with Gasteiger partial charge in [0, 0.05) is 18.0 Å². The molecule has 1 N–H and O–H groups in total. The van der Waals surface area contributed by atoms with Gasteiger partial charge in [0.25, 0.3) is 0 Å². The molecule has 0 saturated carbocycles. The Labute approximate surface area is 99.4 Å². The van der Waals surface area contributed by atoms with E-state index in [9.17, 15) is 5.11 Å². The molecule has 1 atom stereocenters. The van der Waals surface area contributed by atoms with Crippen LogP contribution >= 0.6 is 0 Å². The lowest BCUT2D eigenvalue weighted by Crippen LogP contribution is -2.05. The minimum atomic E-state index is -0.761. The van der Waals surface area contributed by atoms with E-state index >= 15 is 0 Å². The van der Waals surface area contributed by atoms with E-state index < -0.39 is 6.10 Å². The Hall–Kier alpha value is -1.87. The Balaban J connectivity index is 2.10. The second-order valence-corrected chi connectivity index (χ2v) is 4.06. The van der Waals surface area contributed by atoms with Gasteiger partial charge in [0.1, 0.15) is 5.76 Å². The number of ether oxygens (including phenoxy) is 1. The van der Waals surface area contributed by atoms with Gasteiger partial charge in [-0.3, -0.25) is 4.98 Å². The summed E-state index contributed by atoms with van der Waals surface area (Å²) in [6, 6.07) is 9.84. The number of hydrogen-bond donors (Lipinski definition) is 1. The van der Waals surface area contributed by atoms with E-state index in [-0.39, 0.29) is 0 Å². The van der Waals surface area contributed by atoms with Gasteiger partial charge in [-0.25, -0.2) is 0 Å². The molecule has 0 amide bonds. The van der Waals surface area contributed by atoms with Crippen molar-refractivity contribution in [1.29, 1.82) is 0 Å². The number of benzene rings is 1. The molecule has 0 aliphatic carbocycles. The molecule has 1 aliphatic heterocycles. The first-order valence-corrected chi connectivity index (χ1v) is 5.71. The van der Waals surface area contributed by atoms with Gasteiger partial charge in [0.2, 0.25) is 0 Å². The van der Waals surface area contributed by atoms with Crippen molar-refractivity contribution in [3.05, 3.63) is 54.1 Å². The highest BCUT2D eigenvalue weighted by Crippen LogP contribution is 2.29. The van der Waals surface area contributed by atoms with Crippen molar-refractivity contribution in [3.63, 3.8) is 0 Å². The van der Waals surface area contributed by atoms with Crippen molar-refractivity contribution in [2.24, 2.45) is 0 Å². The number of nitrogens with zero attached hydrogens (tertiary/aromatic N) is 1. The van der Waals surface area contributed by atoms with Crippen molar-refractivity contribution >= 4 is 10.8 Å². The van der Waals surface area contributed by atoms with Gasteiger partial charge in [0.15, 0.2) is 6.10 Å². The monoisotopic (exact) mass is 227 g/mol. The van der Waals surface area contributed by atoms with E-state index in [4.69, 9.17) is 4.74 Å². The Morgan fingerprint density at radius 2 is 2.12 bits per heavy atom. The Morgan fingerprint density at radius 1 is 1.24 bits per heavy atom. The van der Waals surface area contributed by atoms with Crippen molar-refractivity contribution in [1.82, 2.24) is 4.98 Å². The van der Waals surface area contributed by atoms with Crippen LogP contribution in [0.2, 0.25) is 0 Å². The van der Waals surface area contributed by atoms with Gasteiger partial charge in [-0.1, -0.05) is 24.3 Å². The number of aliphatic hydroxyl groups excluding tert-OH is 1. The van der Waals surface area contributed by atoms with Crippen LogP contribution in [-0.4, -0.2) is 16.7 Å². The molecule has 3 heteroatoms. The highest BCUT2D eigenvalue weighted by Gasteiger charge is 2.20. The zero-order valence-corrected chi connectivity index (χ0v) is 9.34. The zero-order chi connectivity index (χ0) is 11.7. The molecule has 2 heterocycles. The second kappa shape index (κ2) is 4.18. The summed E-state index contributed by atoms with van der Waals surface area (Å²) in [6.07, 6.45) is 3.74. The van der Waals surface area contributed by atoms with Crippen LogP contribution in [0.5, 0.6) is 0 Å². The van der Waals surface area contributed by atoms with Crippen LogP contribution in [0.1, 0.15) is 18.2 Å². The fraction of sp³-hybridized carbons (Fsp3) is 0.214. The maximum atomic E-state index is 10.3. The summed E-state index contributed by atoms with van der Waals surface area (Å²) in [4.78, 5) is 4.28. The van der Waals surface area contributed by atoms with Crippen LogP contribution in [0.3, 0.4) is 0 Å². The van der Waals surface area contributed by atoms with Crippen LogP contribution in [-0.2, 0) is 4.74 Å². The maximum Gasteiger partial charge on any atom is 0.153 e. The molecular formula is C14H13NO2. The van der Waals surface area contributed by atoms with Gasteiger partial charge in [0.05, 0.1) is 12.3 Å². The molecule has 0 radical (unpaired) electrons. The zero-order valence-electron chi connectivity index (χ0n) is 9.34. The summed E-state index contributed by atoms with van der Waals surface area (Å²) in [6.45, 7) is 0.650. The Bertz CT molecular complexity index is 572. The fourth-order valence-electron chi connectivity index (χ4n) is 2.12. The third-order valence-corrected chi connectivity index (χ3v) is 2.97. The lowest BCUT2D eigenvalue weighted by atomic mass is 10.1. The van der Waals surface area contributed by atoms with Crippen LogP contribution in [0.15, 0.2) is 48.4 Å². The third-order valence-electron chi connectivity index (χ3n) is 2.97. The molecule has 1 aromatic carbocycles. The summed E-state index contributed by atoms with van der Waals surface area (Å²) in [5, 5.41) is 12.3. The Kier molecular flexibility index (Phi) is 2.53. The molecular weight excluding hydrogens is 214 g/mol. The van der Waals surface area contributed by atoms with E-state index in [1.165, 1.54) is 0 Å². The van der Waals surface area contributed by atoms with Gasteiger partial charge >= 0.3 is 0 Å². The lowest BCUT2D eigenvalue weighted by molar-refractivity contribution is 0.117. The van der Waals surface area contributed by atoms with Crippen LogP contribution in [0.25, 0.3) is 10.8 Å². The molecule has 86 valence electrons. The number of fused-ring (bicyclic) bond motifs is 1. The molecule has 1 aliphatic rings. The molecule has 1 unspecified atom stereocenters. The number of hydrogen-bond acceptors (Lipinski definition) is 3. The third kappa shape index (κ3) is 1.78. The van der Waals surface area contributed by atoms with Crippen molar-refractivity contribution < 1.29 is 9.84 Å². The highest BCUT2D eigenvalue weighted by atomic mass is 16.5. The fourth-order valence-corrected chi connectivity index (χ4v) is 2.12. The van der Waals surface area contributed by atoms with E-state index in [1.54, 1.807) is 6.20 Å². The second-order valence-electron chi connectivity index (χ2n) is 4.06. The van der Waals surface area contributed by atoms with Crippen LogP contribution in [0, 0.1) is 0 Å². The predicted octanol–water partition coefficient (Wildman–Crippen LogP) is 2.57. The molecule has 3 rings (SSSR count). The number of aromatic nitrogens is 1. The van der Waals surface area contributed by atoms with Gasteiger partial charge in [-0.2, -0.15) is 0 Å². The summed E-state index contributed by atoms with van der Waals surface area (Å²) in [7, 11) is 0. The first-order chi connectivity index (χ1) is 8.36. The van der Waals surface area contributed by atoms with Crippen molar-refractivity contribution in [3.8, 4) is 0 Å². The van der Waals surface area contributed by atoms with E-state index in [0.717, 1.165) is 17.2 Å². The minimum absolute atomic E-state index is 0.619. The first-order valence-electron chi connectivity index (χ1n) is 5.71. The molecule has 0 fully saturated rings. The molecule has 17 heavy (non-hydrogen) atoms. The summed E-state index contributed by atoms with van der Waals surface area (Å²) >= 11 is 0. The molecule has 0 bridgehead atoms. The first kappa shape index (κ1) is 10.3. The summed E-state index contributed by atoms with van der Waals surface area (Å²) in [5.74, 6) is 0.619. The SMILES string of the molecule is OC(C1=CCCO1)c1nccc2ccccc12. The minimum Gasteiger partial charge on any atom is -0.495 e. The lowest BCUT2D eigenvalue weighted by Gasteiger charge is -2.13. The molecule has 3 nitrogen and oxygen atoms in total. The van der Waals surface area contributed by atoms with E-state index in [0.29, 0.717) is 18.1 Å². The summed E-state index contributed by atoms with van der Waals surface area (Å²) < 4.78 is 5.39. The maximum absolute atomic E-state index is 10.3. The smallest absolute Gasteiger partial charge is 0.153 e. The standard InChI is InChI=1S/C14H13NO2/c16-14(12-6-3-9-17-12)13-11-5-2-1-4-10(11)7-8-15-13/h1-2,4-8,14,16H,3,9H2. The molecule has 0 saturated heterocycles. The Morgan fingerprint density at radius 3 is 2.94 bits per heavy atom. The van der Waals surface area contributed by atoms with E-state index in [2.05, 4.69) is 4.98 Å². The largest absolute Gasteiger partial charge is 0.495 e. The average molecular weight is 227 g/mol. The highest BCUT2D eigenvalue weighted by molar-refractivity contribution is 5.84. The topological polar surface area (TPSA) is 42.4 Å². The normalized spacial score (nSPS) is 16.6. The van der Waals surface area contributed by atoms with Crippen LogP contribution < -0.4 is 0 Å². The molecule has 1 aromatic heterocycles. The average Bonchev–Trinajstić information content (AvgIpc) is 2.91. The van der Waals surface area contributed by atoms with Crippen molar-refractivity contribution in [2.75, 3.05) is 6.61 Å². The number of rotatable bonds is 2. The van der Waals surface area contributed by atoms with Crippen LogP contribution in [0.4, 0.5) is 0 Å². The van der Waals surface area contributed by atoms with Crippen molar-refractivity contribution in [2.45, 2.75) is 12.5 Å². The number of pyridine rings is 1. The quantitative estimate of drug-likeness (QED) is 0.857. The van der Waals surface area contributed by atoms with Gasteiger partial charge in [-0.05, 0) is 17.5 Å². The summed E-state index contributed by atoms with van der Waals surface area (Å²) in [5.41, 5.74) is 0.663. The molecule has 0 spiro atoms. The van der Waals surface area contributed by atoms with Gasteiger partial charge < -0.3 is 9.84 Å². The van der Waals surface area contributed by atoms with Gasteiger partial charge in [-0.15, -0.1) is 0 Å².